The van der Waals surface area contributed by atoms with E-state index in [1.165, 1.54) is 0 Å². The van der Waals surface area contributed by atoms with Crippen molar-refractivity contribution >= 4 is 11.6 Å². The molecule has 0 amide bonds. The Morgan fingerprint density at radius 3 is 0.643 bits per heavy atom. The molecule has 0 atom stereocenters. The Bertz CT molecular complexity index is 52.0. The fourth-order valence-corrected chi connectivity index (χ4v) is 0. The van der Waals surface area contributed by atoms with Gasteiger partial charge in [0.1, 0.15) is 0 Å². The number of hydrogen-bond donors (Lipinski definition) is 0. The molecular weight excluding hydrogens is 500 g/mol. The Kier molecular flexibility index (Phi) is 213. The average molecular weight is 509 g/mol. The summed E-state index contributed by atoms with van der Waals surface area (Å²) in [7, 11) is 0. The third-order valence-electron chi connectivity index (χ3n) is 0. The molecule has 0 rings (SSSR count). The van der Waals surface area contributed by atoms with Gasteiger partial charge in [-0.2, -0.15) is 0 Å². The SMILES string of the molecule is F.F.F.F.F.FS(F)(F)F.[Cs+].[H-].[H-].[H-].[H-].[K+].[K+].[Rb+]. The number of rotatable bonds is 0. The summed E-state index contributed by atoms with van der Waals surface area (Å²) < 4.78 is 39.1. The first kappa shape index (κ1) is 69.8. The van der Waals surface area contributed by atoms with Crippen LogP contribution in [0.15, 0.2) is 0 Å². The summed E-state index contributed by atoms with van der Waals surface area (Å²) >= 11 is -6.17. The average Bonchev–Trinajstić information content (AvgIpc) is 0.722. The quantitative estimate of drug-likeness (QED) is 0.225. The first-order valence-electron chi connectivity index (χ1n) is 0.617. The zero-order valence-electron chi connectivity index (χ0n) is 12.0. The van der Waals surface area contributed by atoms with Crippen LogP contribution < -0.4 is 230 Å². The summed E-state index contributed by atoms with van der Waals surface area (Å²) in [5.74, 6) is 0. The van der Waals surface area contributed by atoms with Gasteiger partial charge >= 0.3 is 241 Å². The summed E-state index contributed by atoms with van der Waals surface area (Å²) in [6, 6.07) is 0. The molecule has 0 aromatic carbocycles. The Balaban J connectivity index is -0.00000000103. The monoisotopic (exact) mass is 508 g/mol. The topological polar surface area (TPSA) is 0 Å². The van der Waals surface area contributed by atoms with Crippen LogP contribution in [0.5, 0.6) is 0 Å². The molecule has 0 nitrogen and oxygen atoms in total. The van der Waals surface area contributed by atoms with E-state index >= 15 is 0 Å². The molecule has 0 saturated carbocycles. The van der Waals surface area contributed by atoms with E-state index < -0.39 is 11.6 Å². The minimum atomic E-state index is -6.17. The van der Waals surface area contributed by atoms with E-state index in [1.807, 2.05) is 0 Å². The van der Waals surface area contributed by atoms with Crippen molar-refractivity contribution in [3.8, 4) is 0 Å². The molecule has 0 bridgehead atoms. The van der Waals surface area contributed by atoms with Crippen LogP contribution in [-0.2, 0) is 0 Å². The van der Waals surface area contributed by atoms with Gasteiger partial charge in [0.15, 0.2) is 0 Å². The van der Waals surface area contributed by atoms with Crippen LogP contribution in [0.4, 0.5) is 39.1 Å². The van der Waals surface area contributed by atoms with Gasteiger partial charge in [-0.25, -0.2) is 0 Å². The van der Waals surface area contributed by atoms with Crippen molar-refractivity contribution in [3.05, 3.63) is 0 Å². The van der Waals surface area contributed by atoms with Crippen molar-refractivity contribution in [3.63, 3.8) is 0 Å². The summed E-state index contributed by atoms with van der Waals surface area (Å²) in [5.41, 5.74) is 0. The van der Waals surface area contributed by atoms with E-state index in [4.69, 9.17) is 0 Å². The second kappa shape index (κ2) is 42.7. The van der Waals surface area contributed by atoms with Gasteiger partial charge in [-0.05, 0) is 0 Å². The Morgan fingerprint density at radius 2 is 0.643 bits per heavy atom. The van der Waals surface area contributed by atoms with Crippen molar-refractivity contribution in [2.75, 3.05) is 0 Å². The van der Waals surface area contributed by atoms with Crippen molar-refractivity contribution < 1.29 is 275 Å². The summed E-state index contributed by atoms with van der Waals surface area (Å²) in [5, 5.41) is 0. The van der Waals surface area contributed by atoms with Gasteiger partial charge in [0.25, 0.3) is 0 Å². The van der Waals surface area contributed by atoms with E-state index in [9.17, 15) is 15.5 Å². The predicted octanol–water partition coefficient (Wildman–Crippen LogP) is -8.44. The standard InChI is InChI=1S/Cs.F4S.5FH.2K.Rb.4H/c;1-5(2,3)4;;;;;;;;;;;;/h;;5*1H;;;;;;;/q+1;;;;;;;3*+1;4*-1. The molecule has 0 spiro atoms. The van der Waals surface area contributed by atoms with Gasteiger partial charge in [-0.1, -0.05) is 15.5 Å². The van der Waals surface area contributed by atoms with Gasteiger partial charge < -0.3 is 5.71 Å². The molecule has 0 aliphatic rings. The predicted molar refractivity (Wildman–Crippen MR) is 29.0 cm³/mol. The fraction of sp³-hybridized carbons (Fsp3) is 0. The van der Waals surface area contributed by atoms with Crippen molar-refractivity contribution in [1.29, 1.82) is 0 Å². The molecule has 0 aromatic rings. The maximum Gasteiger partial charge on any atom is 1.00 e. The van der Waals surface area contributed by atoms with Gasteiger partial charge in [0.2, 0.25) is 0 Å². The van der Waals surface area contributed by atoms with E-state index in [-0.39, 0.29) is 259 Å². The van der Waals surface area contributed by atoms with Crippen molar-refractivity contribution in [2.24, 2.45) is 0 Å². The largest absolute Gasteiger partial charge is 1.00 e. The van der Waals surface area contributed by atoms with Gasteiger partial charge in [0, 0.05) is 0 Å². The van der Waals surface area contributed by atoms with E-state index in [1.54, 1.807) is 0 Å². The summed E-state index contributed by atoms with van der Waals surface area (Å²) in [6.07, 6.45) is 0. The molecule has 0 aliphatic carbocycles. The number of halogens is 9. The summed E-state index contributed by atoms with van der Waals surface area (Å²) in [4.78, 5) is 0. The first-order chi connectivity index (χ1) is 2.00. The molecular formula is H9CsF9K2RbS. The molecule has 0 aliphatic heterocycles. The molecule has 14 heteroatoms. The van der Waals surface area contributed by atoms with Crippen LogP contribution >= 0.6 is 11.6 Å². The van der Waals surface area contributed by atoms with Gasteiger partial charge in [0.05, 0.1) is 0 Å². The van der Waals surface area contributed by atoms with Crippen LogP contribution in [0, 0.1) is 0 Å². The molecule has 14 heavy (non-hydrogen) atoms. The van der Waals surface area contributed by atoms with E-state index in [0.29, 0.717) is 0 Å². The first-order valence-corrected chi connectivity index (χ1v) is 1.85. The zero-order chi connectivity index (χ0) is 4.50. The van der Waals surface area contributed by atoms with Gasteiger partial charge in [-0.15, -0.1) is 0 Å². The minimum Gasteiger partial charge on any atom is -1.00 e. The molecule has 0 radical (unpaired) electrons. The smallest absolute Gasteiger partial charge is 1.00 e. The van der Waals surface area contributed by atoms with Crippen LogP contribution in [-0.4, -0.2) is 0 Å². The third-order valence-corrected chi connectivity index (χ3v) is 0. The third kappa shape index (κ3) is 128. The summed E-state index contributed by atoms with van der Waals surface area (Å²) in [6.45, 7) is 0. The van der Waals surface area contributed by atoms with Gasteiger partial charge in [-0.3, -0.25) is 23.5 Å². The van der Waals surface area contributed by atoms with E-state index in [0.717, 1.165) is 0 Å². The Hall–Kier alpha value is 6.85. The maximum atomic E-state index is 9.77. The van der Waals surface area contributed by atoms with Crippen molar-refractivity contribution in [2.45, 2.75) is 0 Å². The minimum absolute atomic E-state index is 0. The molecule has 0 fully saturated rings. The van der Waals surface area contributed by atoms with Crippen molar-refractivity contribution in [1.82, 2.24) is 0 Å². The van der Waals surface area contributed by atoms with Crippen LogP contribution in [0.3, 0.4) is 0 Å². The molecule has 82 valence electrons. The molecule has 0 saturated heterocycles. The Labute approximate surface area is 276 Å². The zero-order valence-corrected chi connectivity index (χ0v) is 26.2. The molecule has 0 heterocycles. The second-order valence-electron chi connectivity index (χ2n) is 0.350. The fourth-order valence-electron chi connectivity index (χ4n) is 0. The molecule has 0 N–H and O–H groups in total. The van der Waals surface area contributed by atoms with Crippen LogP contribution in [0.1, 0.15) is 5.71 Å². The normalized spacial score (nSPS) is 5.43. The van der Waals surface area contributed by atoms with E-state index in [2.05, 4.69) is 0 Å². The molecule has 0 aromatic heterocycles. The second-order valence-corrected chi connectivity index (χ2v) is 1.05. The Morgan fingerprint density at radius 1 is 0.643 bits per heavy atom. The number of hydrogen-bond acceptors (Lipinski definition) is 0. The molecule has 0 unspecified atom stereocenters. The maximum absolute atomic E-state index is 9.77. The van der Waals surface area contributed by atoms with Crippen LogP contribution in [0.25, 0.3) is 0 Å². The van der Waals surface area contributed by atoms with Crippen LogP contribution in [0.2, 0.25) is 0 Å².